The average Bonchev–Trinajstić information content (AvgIpc) is 3.56. The maximum absolute atomic E-state index is 13.3. The van der Waals surface area contributed by atoms with E-state index < -0.39 is 18.1 Å². The van der Waals surface area contributed by atoms with Gasteiger partial charge in [0.15, 0.2) is 11.5 Å². The summed E-state index contributed by atoms with van der Waals surface area (Å²) in [5.74, 6) is 1.59. The van der Waals surface area contributed by atoms with Crippen LogP contribution in [-0.4, -0.2) is 67.4 Å². The lowest BCUT2D eigenvalue weighted by Crippen LogP contribution is -2.68. The van der Waals surface area contributed by atoms with Gasteiger partial charge in [-0.15, -0.1) is 0 Å². The van der Waals surface area contributed by atoms with Gasteiger partial charge in [0.05, 0.1) is 25.3 Å². The highest BCUT2D eigenvalue weighted by Gasteiger charge is 2.56. The van der Waals surface area contributed by atoms with Crippen molar-refractivity contribution >= 4 is 11.9 Å². The molecule has 1 unspecified atom stereocenters. The molecule has 3 aromatic carbocycles. The molecule has 5 atom stereocenters. The summed E-state index contributed by atoms with van der Waals surface area (Å²) in [4.78, 5) is 30.4. The Hall–Kier alpha value is -4.59. The number of hydrogen-bond acceptors (Lipinski definition) is 10. The van der Waals surface area contributed by atoms with Crippen molar-refractivity contribution in [2.75, 3.05) is 27.6 Å². The van der Waals surface area contributed by atoms with E-state index in [0.717, 1.165) is 33.6 Å². The summed E-state index contributed by atoms with van der Waals surface area (Å²) in [6.45, 7) is 7.43. The smallest absolute Gasteiger partial charge is 0.308 e. The molecule has 0 amide bonds. The fourth-order valence-corrected chi connectivity index (χ4v) is 8.74. The van der Waals surface area contributed by atoms with E-state index >= 15 is 0 Å². The first-order valence-electron chi connectivity index (χ1n) is 16.5. The molecule has 10 nitrogen and oxygen atoms in total. The van der Waals surface area contributed by atoms with E-state index in [1.165, 1.54) is 18.1 Å². The molecule has 250 valence electrons. The molecule has 4 heterocycles. The van der Waals surface area contributed by atoms with Gasteiger partial charge in [0.25, 0.3) is 0 Å². The van der Waals surface area contributed by atoms with Crippen LogP contribution in [0.15, 0.2) is 36.4 Å². The number of esters is 2. The van der Waals surface area contributed by atoms with Crippen molar-refractivity contribution in [2.45, 2.75) is 83.6 Å². The molecule has 10 heteroatoms. The van der Waals surface area contributed by atoms with Crippen LogP contribution in [0.5, 0.6) is 23.0 Å². The molecule has 4 aliphatic rings. The third-order valence-corrected chi connectivity index (χ3v) is 10.6. The molecule has 48 heavy (non-hydrogen) atoms. The number of nitrogens with zero attached hydrogens (tertiary/aromatic N) is 3. The van der Waals surface area contributed by atoms with Crippen LogP contribution in [-0.2, 0) is 33.6 Å². The molecule has 2 bridgehead atoms. The summed E-state index contributed by atoms with van der Waals surface area (Å²) >= 11 is 0. The molecule has 4 aliphatic heterocycles. The van der Waals surface area contributed by atoms with Gasteiger partial charge in [0.1, 0.15) is 24.1 Å². The quantitative estimate of drug-likeness (QED) is 0.249. The van der Waals surface area contributed by atoms with Gasteiger partial charge in [0.2, 0.25) is 6.79 Å². The van der Waals surface area contributed by atoms with Crippen LogP contribution in [0.3, 0.4) is 0 Å². The maximum atomic E-state index is 13.3. The van der Waals surface area contributed by atoms with Crippen LogP contribution in [0.4, 0.5) is 0 Å². The minimum atomic E-state index is -0.553. The van der Waals surface area contributed by atoms with E-state index in [2.05, 4.69) is 42.8 Å². The number of aryl methyl sites for hydroxylation is 2. The predicted molar refractivity (Wildman–Crippen MR) is 176 cm³/mol. The molecule has 1 saturated heterocycles. The monoisotopic (exact) mass is 651 g/mol. The first-order valence-corrected chi connectivity index (χ1v) is 16.5. The number of piperazine rings is 1. The first kappa shape index (κ1) is 32.0. The largest absolute Gasteiger partial charge is 0.496 e. The number of ether oxygens (including phenoxy) is 5. The fourth-order valence-electron chi connectivity index (χ4n) is 8.74. The Labute approximate surface area is 281 Å². The van der Waals surface area contributed by atoms with Crippen LogP contribution < -0.4 is 18.9 Å². The maximum Gasteiger partial charge on any atom is 0.308 e. The average molecular weight is 652 g/mol. The Balaban J connectivity index is 1.37. The predicted octanol–water partition coefficient (Wildman–Crippen LogP) is 5.22. The first-order chi connectivity index (χ1) is 23.1. The third kappa shape index (κ3) is 5.08. The summed E-state index contributed by atoms with van der Waals surface area (Å²) in [6, 6.07) is 13.2. The Morgan fingerprint density at radius 3 is 2.46 bits per heavy atom. The summed E-state index contributed by atoms with van der Waals surface area (Å²) in [5, 5.41) is 10.9. The summed E-state index contributed by atoms with van der Waals surface area (Å²) in [6.07, 6.45) is 1.94. The topological polar surface area (TPSA) is 111 Å². The molecule has 0 saturated carbocycles. The highest BCUT2D eigenvalue weighted by Crippen LogP contribution is 2.57. The SMILES string of the molecule is COc1c(C)cc2c(c1C)[C@@H]1C3Cc4c(OC(C)=O)c(C)c5c(c4[C@H](COC(=O)CCc4ccccc4)N3[C@@H](C#N)[C@H](C2)N1C)OCO5. The number of hydrogen-bond donors (Lipinski definition) is 0. The molecule has 0 aromatic heterocycles. The van der Waals surface area contributed by atoms with Gasteiger partial charge in [-0.1, -0.05) is 36.4 Å². The normalized spacial score (nSPS) is 23.7. The zero-order valence-electron chi connectivity index (χ0n) is 28.3. The molecule has 0 spiro atoms. The standard InChI is InChI=1S/C38H41N3O7/c1-20-14-25-15-27-29(17-39)41-28(34(40(27)5)32(25)21(2)35(20)44-6)16-26-33(38-37(46-19-47-38)22(3)36(26)48-23(4)42)30(41)18-45-31(43)13-12-24-10-8-7-9-11-24/h7-11,14,27-30,34H,12-13,15-16,18-19H2,1-6H3/t27-,28?,29-,30-,34-/m0/s1. The second kappa shape index (κ2) is 12.5. The van der Waals surface area contributed by atoms with Crippen molar-refractivity contribution in [3.63, 3.8) is 0 Å². The minimum Gasteiger partial charge on any atom is -0.496 e. The Kier molecular flexibility index (Phi) is 8.30. The lowest BCUT2D eigenvalue weighted by molar-refractivity contribution is -0.149. The van der Waals surface area contributed by atoms with Crippen molar-refractivity contribution in [1.82, 2.24) is 9.80 Å². The van der Waals surface area contributed by atoms with Crippen molar-refractivity contribution in [2.24, 2.45) is 0 Å². The van der Waals surface area contributed by atoms with E-state index in [0.29, 0.717) is 42.1 Å². The van der Waals surface area contributed by atoms with Crippen LogP contribution in [0.1, 0.15) is 69.9 Å². The minimum absolute atomic E-state index is 0.000111. The molecular weight excluding hydrogens is 610 g/mol. The van der Waals surface area contributed by atoms with Gasteiger partial charge in [-0.25, -0.2) is 0 Å². The van der Waals surface area contributed by atoms with Crippen LogP contribution in [0.2, 0.25) is 0 Å². The Morgan fingerprint density at radius 2 is 1.75 bits per heavy atom. The van der Waals surface area contributed by atoms with Gasteiger partial charge in [-0.05, 0) is 74.9 Å². The molecule has 0 N–H and O–H groups in total. The molecule has 0 radical (unpaired) electrons. The highest BCUT2D eigenvalue weighted by atomic mass is 16.7. The number of nitriles is 1. The number of rotatable bonds is 7. The van der Waals surface area contributed by atoms with Crippen molar-refractivity contribution in [3.05, 3.63) is 80.9 Å². The van der Waals surface area contributed by atoms with Gasteiger partial charge >= 0.3 is 11.9 Å². The molecular formula is C38H41N3O7. The highest BCUT2D eigenvalue weighted by molar-refractivity contribution is 5.74. The Bertz CT molecular complexity index is 1830. The zero-order valence-corrected chi connectivity index (χ0v) is 28.3. The lowest BCUT2D eigenvalue weighted by Gasteiger charge is -2.60. The third-order valence-electron chi connectivity index (χ3n) is 10.6. The summed E-state index contributed by atoms with van der Waals surface area (Å²) in [7, 11) is 3.80. The second-order valence-electron chi connectivity index (χ2n) is 13.3. The van der Waals surface area contributed by atoms with Gasteiger partial charge in [-0.3, -0.25) is 19.4 Å². The van der Waals surface area contributed by atoms with Crippen molar-refractivity contribution in [1.29, 1.82) is 5.26 Å². The molecule has 3 aromatic rings. The summed E-state index contributed by atoms with van der Waals surface area (Å²) in [5.41, 5.74) is 7.85. The van der Waals surface area contributed by atoms with Gasteiger partial charge in [0, 0.05) is 42.1 Å². The van der Waals surface area contributed by atoms with E-state index in [9.17, 15) is 14.9 Å². The zero-order chi connectivity index (χ0) is 33.9. The number of methoxy groups -OCH3 is 1. The van der Waals surface area contributed by atoms with E-state index in [1.807, 2.05) is 37.3 Å². The van der Waals surface area contributed by atoms with Crippen molar-refractivity contribution < 1.29 is 33.3 Å². The van der Waals surface area contributed by atoms with Crippen LogP contribution in [0.25, 0.3) is 0 Å². The van der Waals surface area contributed by atoms with E-state index in [1.54, 1.807) is 7.11 Å². The van der Waals surface area contributed by atoms with Crippen molar-refractivity contribution in [3.8, 4) is 29.1 Å². The van der Waals surface area contributed by atoms with Crippen LogP contribution in [0, 0.1) is 32.1 Å². The van der Waals surface area contributed by atoms with Gasteiger partial charge in [-0.2, -0.15) is 5.26 Å². The van der Waals surface area contributed by atoms with Crippen LogP contribution >= 0.6 is 0 Å². The summed E-state index contributed by atoms with van der Waals surface area (Å²) < 4.78 is 30.0. The number of benzene rings is 3. The molecule has 7 rings (SSSR count). The number of likely N-dealkylation sites (N-methyl/N-ethyl adjacent to an activating group) is 1. The Morgan fingerprint density at radius 1 is 1.00 bits per heavy atom. The van der Waals surface area contributed by atoms with E-state index in [-0.39, 0.29) is 43.9 Å². The molecule has 1 fully saturated rings. The van der Waals surface area contributed by atoms with Gasteiger partial charge < -0.3 is 23.7 Å². The second-order valence-corrected chi connectivity index (χ2v) is 13.3. The fraction of sp³-hybridized carbons (Fsp3) is 0.447. The number of carbonyl (C=O) groups is 2. The number of fused-ring (bicyclic) bond motifs is 9. The molecule has 0 aliphatic carbocycles. The van der Waals surface area contributed by atoms with E-state index in [4.69, 9.17) is 23.7 Å². The lowest BCUT2D eigenvalue weighted by atomic mass is 9.71. The number of carbonyl (C=O) groups excluding carboxylic acids is 2.